The van der Waals surface area contributed by atoms with Crippen LogP contribution in [-0.2, 0) is 11.3 Å². The molecule has 6 nitrogen and oxygen atoms in total. The van der Waals surface area contributed by atoms with Crippen molar-refractivity contribution >= 4 is 45.7 Å². The Labute approximate surface area is 190 Å². The van der Waals surface area contributed by atoms with Crippen LogP contribution in [0.25, 0.3) is 17.0 Å². The van der Waals surface area contributed by atoms with E-state index in [1.165, 1.54) is 11.8 Å². The number of aromatic nitrogens is 1. The average Bonchev–Trinajstić information content (AvgIpc) is 3.33. The molecule has 0 bridgehead atoms. The Hall–Kier alpha value is -3.58. The number of carbonyl (C=O) groups is 1. The van der Waals surface area contributed by atoms with E-state index < -0.39 is 0 Å². The third-order valence-corrected chi connectivity index (χ3v) is 6.39. The maximum atomic E-state index is 12.7. The molecule has 0 saturated carbocycles. The van der Waals surface area contributed by atoms with E-state index in [0.717, 1.165) is 32.7 Å². The number of carbonyl (C=O) groups excluding carboxylic acids is 1. The summed E-state index contributed by atoms with van der Waals surface area (Å²) in [6, 6.07) is 16.0. The minimum absolute atomic E-state index is 0.157. The molecule has 32 heavy (non-hydrogen) atoms. The van der Waals surface area contributed by atoms with Crippen molar-refractivity contribution in [1.29, 1.82) is 5.41 Å². The number of ether oxygens (including phenoxy) is 1. The molecule has 3 aromatic rings. The standard InChI is InChI=1S/C25H22N4O2S/c1-16-7-3-6-10-22(16)31-12-11-28-15-18(19-8-4-5-9-21(19)28)13-20-23(26)29-14-17(2)32-25(29)27-24(20)30/h3-10,13-15,26H,11-12H2,1-2H3. The quantitative estimate of drug-likeness (QED) is 0.552. The summed E-state index contributed by atoms with van der Waals surface area (Å²) < 4.78 is 8.11. The summed E-state index contributed by atoms with van der Waals surface area (Å²) in [6.07, 6.45) is 5.63. The highest BCUT2D eigenvalue weighted by atomic mass is 32.2. The Balaban J connectivity index is 1.45. The van der Waals surface area contributed by atoms with Gasteiger partial charge in [0.1, 0.15) is 18.2 Å². The number of hydrogen-bond acceptors (Lipinski definition) is 4. The third-order valence-electron chi connectivity index (χ3n) is 5.50. The zero-order chi connectivity index (χ0) is 22.2. The predicted molar refractivity (Wildman–Crippen MR) is 130 cm³/mol. The monoisotopic (exact) mass is 442 g/mol. The fourth-order valence-corrected chi connectivity index (χ4v) is 4.72. The van der Waals surface area contributed by atoms with Crippen LogP contribution >= 0.6 is 11.8 Å². The number of fused-ring (bicyclic) bond motifs is 2. The zero-order valence-corrected chi connectivity index (χ0v) is 18.6. The van der Waals surface area contributed by atoms with E-state index in [2.05, 4.69) is 15.6 Å². The number of amidine groups is 2. The molecule has 0 fully saturated rings. The zero-order valence-electron chi connectivity index (χ0n) is 17.8. The fraction of sp³-hybridized carbons (Fsp3) is 0.160. The molecule has 0 saturated heterocycles. The van der Waals surface area contributed by atoms with E-state index in [9.17, 15) is 4.79 Å². The highest BCUT2D eigenvalue weighted by Crippen LogP contribution is 2.33. The van der Waals surface area contributed by atoms with Crippen molar-refractivity contribution in [3.05, 3.63) is 82.5 Å². The summed E-state index contributed by atoms with van der Waals surface area (Å²) in [6.45, 7) is 5.16. The molecule has 1 N–H and O–H groups in total. The number of thioether (sulfide) groups is 1. The number of aliphatic imine (C=N–C) groups is 1. The number of allylic oxidation sites excluding steroid dienone is 1. The van der Waals surface area contributed by atoms with Gasteiger partial charge in [0.2, 0.25) is 0 Å². The van der Waals surface area contributed by atoms with Gasteiger partial charge < -0.3 is 9.30 Å². The summed E-state index contributed by atoms with van der Waals surface area (Å²) in [7, 11) is 0. The molecule has 2 aromatic carbocycles. The van der Waals surface area contributed by atoms with Crippen LogP contribution in [0.2, 0.25) is 0 Å². The molecule has 1 aromatic heterocycles. The summed E-state index contributed by atoms with van der Waals surface area (Å²) >= 11 is 1.41. The smallest absolute Gasteiger partial charge is 0.283 e. The average molecular weight is 443 g/mol. The predicted octanol–water partition coefficient (Wildman–Crippen LogP) is 5.20. The van der Waals surface area contributed by atoms with Gasteiger partial charge in [0, 0.05) is 33.8 Å². The van der Waals surface area contributed by atoms with Gasteiger partial charge in [-0.05, 0) is 37.6 Å². The highest BCUT2D eigenvalue weighted by molar-refractivity contribution is 8.17. The molecule has 1 amide bonds. The van der Waals surface area contributed by atoms with E-state index in [-0.39, 0.29) is 11.7 Å². The van der Waals surface area contributed by atoms with Crippen LogP contribution in [0.5, 0.6) is 5.75 Å². The van der Waals surface area contributed by atoms with Gasteiger partial charge in [0.05, 0.1) is 12.1 Å². The number of para-hydroxylation sites is 2. The first-order valence-corrected chi connectivity index (χ1v) is 11.2. The first-order valence-electron chi connectivity index (χ1n) is 10.4. The first-order chi connectivity index (χ1) is 15.5. The second kappa shape index (κ2) is 8.16. The van der Waals surface area contributed by atoms with Crippen LogP contribution < -0.4 is 4.74 Å². The molecule has 0 radical (unpaired) electrons. The molecular weight excluding hydrogens is 420 g/mol. The maximum absolute atomic E-state index is 12.7. The van der Waals surface area contributed by atoms with Gasteiger partial charge in [0.25, 0.3) is 5.91 Å². The van der Waals surface area contributed by atoms with Crippen molar-refractivity contribution in [3.63, 3.8) is 0 Å². The second-order valence-electron chi connectivity index (χ2n) is 7.73. The Morgan fingerprint density at radius 2 is 1.91 bits per heavy atom. The summed E-state index contributed by atoms with van der Waals surface area (Å²) in [5.41, 5.74) is 3.34. The Morgan fingerprint density at radius 1 is 1.12 bits per heavy atom. The molecule has 0 atom stereocenters. The van der Waals surface area contributed by atoms with E-state index >= 15 is 0 Å². The molecule has 3 heterocycles. The van der Waals surface area contributed by atoms with Crippen molar-refractivity contribution in [3.8, 4) is 5.75 Å². The third kappa shape index (κ3) is 3.65. The molecule has 2 aliphatic rings. The van der Waals surface area contributed by atoms with E-state index in [4.69, 9.17) is 10.1 Å². The van der Waals surface area contributed by atoms with Crippen molar-refractivity contribution in [1.82, 2.24) is 9.47 Å². The molecule has 7 heteroatoms. The summed E-state index contributed by atoms with van der Waals surface area (Å²) in [5.74, 6) is 0.661. The van der Waals surface area contributed by atoms with Gasteiger partial charge in [-0.3, -0.25) is 15.1 Å². The number of benzene rings is 2. The van der Waals surface area contributed by atoms with Crippen LogP contribution in [0.3, 0.4) is 0 Å². The second-order valence-corrected chi connectivity index (χ2v) is 8.94. The van der Waals surface area contributed by atoms with Crippen LogP contribution in [-0.4, -0.2) is 33.0 Å². The summed E-state index contributed by atoms with van der Waals surface area (Å²) in [4.78, 5) is 19.5. The van der Waals surface area contributed by atoms with Crippen molar-refractivity contribution in [2.45, 2.75) is 20.4 Å². The van der Waals surface area contributed by atoms with Crippen molar-refractivity contribution < 1.29 is 9.53 Å². The van der Waals surface area contributed by atoms with Gasteiger partial charge >= 0.3 is 0 Å². The lowest BCUT2D eigenvalue weighted by Gasteiger charge is -2.22. The SMILES string of the molecule is CC1=CN2C(=N)C(=Cc3cn(CCOc4ccccc4C)c4ccccc34)C(=O)N=C2S1. The molecule has 0 spiro atoms. The van der Waals surface area contributed by atoms with Crippen LogP contribution in [0, 0.1) is 12.3 Å². The maximum Gasteiger partial charge on any atom is 0.283 e. The molecule has 0 unspecified atom stereocenters. The van der Waals surface area contributed by atoms with Crippen LogP contribution in [0.4, 0.5) is 0 Å². The number of aryl methyl sites for hydroxylation is 1. The van der Waals surface area contributed by atoms with Crippen molar-refractivity contribution in [2.75, 3.05) is 6.61 Å². The lowest BCUT2D eigenvalue weighted by atomic mass is 10.1. The topological polar surface area (TPSA) is 70.7 Å². The Bertz CT molecular complexity index is 1350. The normalized spacial score (nSPS) is 17.1. The molecule has 0 aliphatic carbocycles. The minimum Gasteiger partial charge on any atom is -0.491 e. The van der Waals surface area contributed by atoms with Gasteiger partial charge in [-0.15, -0.1) is 0 Å². The number of nitrogens with one attached hydrogen (secondary N) is 1. The van der Waals surface area contributed by atoms with Gasteiger partial charge in [-0.2, -0.15) is 4.99 Å². The van der Waals surface area contributed by atoms with E-state index in [1.807, 2.05) is 68.7 Å². The fourth-order valence-electron chi connectivity index (χ4n) is 3.90. The van der Waals surface area contributed by atoms with E-state index in [0.29, 0.717) is 23.9 Å². The summed E-state index contributed by atoms with van der Waals surface area (Å²) in [5, 5.41) is 10.1. The Morgan fingerprint density at radius 3 is 2.75 bits per heavy atom. The minimum atomic E-state index is -0.378. The molecule has 5 rings (SSSR count). The van der Waals surface area contributed by atoms with E-state index in [1.54, 1.807) is 11.0 Å². The Kier molecular flexibility index (Phi) is 5.19. The van der Waals surface area contributed by atoms with Gasteiger partial charge in [-0.25, -0.2) is 0 Å². The number of rotatable bonds is 5. The number of nitrogens with zero attached hydrogens (tertiary/aromatic N) is 3. The molecule has 2 aliphatic heterocycles. The first kappa shape index (κ1) is 20.3. The van der Waals surface area contributed by atoms with Crippen molar-refractivity contribution in [2.24, 2.45) is 4.99 Å². The highest BCUT2D eigenvalue weighted by Gasteiger charge is 2.33. The number of amides is 1. The van der Waals surface area contributed by atoms with Crippen LogP contribution in [0.15, 0.2) is 76.4 Å². The van der Waals surface area contributed by atoms with Gasteiger partial charge in [0.15, 0.2) is 5.17 Å². The number of hydrogen-bond donors (Lipinski definition) is 1. The molecular formula is C25H22N4O2S. The van der Waals surface area contributed by atoms with Gasteiger partial charge in [-0.1, -0.05) is 48.2 Å². The molecule has 160 valence electrons. The lowest BCUT2D eigenvalue weighted by Crippen LogP contribution is -2.35. The largest absolute Gasteiger partial charge is 0.491 e. The van der Waals surface area contributed by atoms with Crippen LogP contribution in [0.1, 0.15) is 18.1 Å². The lowest BCUT2D eigenvalue weighted by molar-refractivity contribution is -0.114.